The largest absolute Gasteiger partial charge is 0.486 e. The van der Waals surface area contributed by atoms with Gasteiger partial charge in [-0.3, -0.25) is 0 Å². The zero-order valence-electron chi connectivity index (χ0n) is 12.1. The van der Waals surface area contributed by atoms with Gasteiger partial charge in [-0.2, -0.15) is 0 Å². The Morgan fingerprint density at radius 1 is 1.40 bits per heavy atom. The fraction of sp³-hybridized carbons (Fsp3) is 0.400. The number of benzene rings is 1. The molecule has 0 spiro atoms. The van der Waals surface area contributed by atoms with Gasteiger partial charge >= 0.3 is 0 Å². The van der Waals surface area contributed by atoms with Crippen LogP contribution in [0.25, 0.3) is 0 Å². The van der Waals surface area contributed by atoms with Gasteiger partial charge in [-0.15, -0.1) is 0 Å². The van der Waals surface area contributed by atoms with Crippen LogP contribution in [0.5, 0.6) is 5.75 Å². The van der Waals surface area contributed by atoms with Gasteiger partial charge in [-0.1, -0.05) is 29.8 Å². The molecule has 0 fully saturated rings. The second-order valence-electron chi connectivity index (χ2n) is 5.03. The summed E-state index contributed by atoms with van der Waals surface area (Å²) in [5, 5.41) is 3.41. The normalized spacial score (nSPS) is 11.1. The molecule has 1 heterocycles. The molecule has 0 saturated carbocycles. The van der Waals surface area contributed by atoms with Gasteiger partial charge in [-0.25, -0.2) is 4.98 Å². The molecule has 0 unspecified atom stereocenters. The number of halogens is 1. The van der Waals surface area contributed by atoms with E-state index in [1.807, 2.05) is 29.9 Å². The van der Waals surface area contributed by atoms with E-state index in [0.29, 0.717) is 12.6 Å². The van der Waals surface area contributed by atoms with Crippen LogP contribution >= 0.6 is 15.9 Å². The Balaban J connectivity index is 2.01. The SMILES string of the molecule is CC(C)NCc1cc(OCc2nccn2C)ccc1Br. The topological polar surface area (TPSA) is 39.1 Å². The average Bonchev–Trinajstić information content (AvgIpc) is 2.81. The minimum Gasteiger partial charge on any atom is -0.486 e. The summed E-state index contributed by atoms with van der Waals surface area (Å²) in [6.45, 7) is 5.56. The van der Waals surface area contributed by atoms with Crippen molar-refractivity contribution in [2.24, 2.45) is 7.05 Å². The molecule has 0 aliphatic heterocycles. The number of nitrogens with zero attached hydrogens (tertiary/aromatic N) is 2. The minimum atomic E-state index is 0.457. The van der Waals surface area contributed by atoms with Gasteiger partial charge in [0.15, 0.2) is 0 Å². The van der Waals surface area contributed by atoms with Crippen molar-refractivity contribution in [2.75, 3.05) is 0 Å². The van der Waals surface area contributed by atoms with Crippen molar-refractivity contribution < 1.29 is 4.74 Å². The first-order valence-electron chi connectivity index (χ1n) is 6.67. The molecule has 0 aliphatic carbocycles. The van der Waals surface area contributed by atoms with E-state index in [9.17, 15) is 0 Å². The van der Waals surface area contributed by atoms with Crippen molar-refractivity contribution in [1.82, 2.24) is 14.9 Å². The fourth-order valence-corrected chi connectivity index (χ4v) is 2.16. The lowest BCUT2D eigenvalue weighted by molar-refractivity contribution is 0.291. The lowest BCUT2D eigenvalue weighted by Crippen LogP contribution is -2.22. The van der Waals surface area contributed by atoms with Crippen LogP contribution < -0.4 is 10.1 Å². The predicted molar refractivity (Wildman–Crippen MR) is 83.7 cm³/mol. The molecule has 2 aromatic rings. The van der Waals surface area contributed by atoms with E-state index in [0.717, 1.165) is 22.6 Å². The summed E-state index contributed by atoms with van der Waals surface area (Å²) in [4.78, 5) is 4.25. The maximum absolute atomic E-state index is 5.80. The molecular formula is C15H20BrN3O. The number of aryl methyl sites for hydroxylation is 1. The first-order chi connectivity index (χ1) is 9.56. The van der Waals surface area contributed by atoms with E-state index >= 15 is 0 Å². The van der Waals surface area contributed by atoms with Crippen LogP contribution in [0.3, 0.4) is 0 Å². The molecule has 0 bridgehead atoms. The van der Waals surface area contributed by atoms with Gasteiger partial charge in [0, 0.05) is 36.5 Å². The van der Waals surface area contributed by atoms with E-state index in [2.05, 4.69) is 46.1 Å². The van der Waals surface area contributed by atoms with E-state index in [1.165, 1.54) is 5.56 Å². The summed E-state index contributed by atoms with van der Waals surface area (Å²) in [5.41, 5.74) is 1.19. The number of hydrogen-bond donors (Lipinski definition) is 1. The first-order valence-corrected chi connectivity index (χ1v) is 7.46. The molecule has 4 nitrogen and oxygen atoms in total. The number of hydrogen-bond acceptors (Lipinski definition) is 3. The lowest BCUT2D eigenvalue weighted by Gasteiger charge is -2.12. The van der Waals surface area contributed by atoms with Gasteiger partial charge in [0.05, 0.1) is 0 Å². The van der Waals surface area contributed by atoms with Crippen LogP contribution in [-0.4, -0.2) is 15.6 Å². The van der Waals surface area contributed by atoms with Crippen LogP contribution in [-0.2, 0) is 20.2 Å². The maximum atomic E-state index is 5.80. The third-order valence-corrected chi connectivity index (χ3v) is 3.78. The van der Waals surface area contributed by atoms with Crippen molar-refractivity contribution in [3.05, 3.63) is 46.5 Å². The van der Waals surface area contributed by atoms with Gasteiger partial charge in [0.25, 0.3) is 0 Å². The van der Waals surface area contributed by atoms with E-state index < -0.39 is 0 Å². The third-order valence-electron chi connectivity index (χ3n) is 3.01. The predicted octanol–water partition coefficient (Wildman–Crippen LogP) is 3.26. The molecule has 1 N–H and O–H groups in total. The second-order valence-corrected chi connectivity index (χ2v) is 5.89. The Labute approximate surface area is 128 Å². The van der Waals surface area contributed by atoms with E-state index in [-0.39, 0.29) is 0 Å². The van der Waals surface area contributed by atoms with E-state index in [1.54, 1.807) is 6.20 Å². The monoisotopic (exact) mass is 337 g/mol. The van der Waals surface area contributed by atoms with Crippen LogP contribution in [0, 0.1) is 0 Å². The highest BCUT2D eigenvalue weighted by molar-refractivity contribution is 9.10. The van der Waals surface area contributed by atoms with Crippen molar-refractivity contribution in [3.8, 4) is 5.75 Å². The molecule has 108 valence electrons. The molecule has 1 aromatic heterocycles. The Bertz CT molecular complexity index is 566. The highest BCUT2D eigenvalue weighted by Crippen LogP contribution is 2.23. The quantitative estimate of drug-likeness (QED) is 0.879. The van der Waals surface area contributed by atoms with Crippen molar-refractivity contribution in [3.63, 3.8) is 0 Å². The number of imidazole rings is 1. The highest BCUT2D eigenvalue weighted by Gasteiger charge is 2.05. The summed E-state index contributed by atoms with van der Waals surface area (Å²) in [6, 6.07) is 6.50. The number of aromatic nitrogens is 2. The summed E-state index contributed by atoms with van der Waals surface area (Å²) >= 11 is 3.57. The smallest absolute Gasteiger partial charge is 0.146 e. The Hall–Kier alpha value is -1.33. The van der Waals surface area contributed by atoms with Crippen LogP contribution in [0.4, 0.5) is 0 Å². The molecule has 5 heteroatoms. The fourth-order valence-electron chi connectivity index (χ4n) is 1.77. The second kappa shape index (κ2) is 6.90. The maximum Gasteiger partial charge on any atom is 0.146 e. The van der Waals surface area contributed by atoms with Crippen LogP contribution in [0.1, 0.15) is 25.2 Å². The molecular weight excluding hydrogens is 318 g/mol. The molecule has 0 radical (unpaired) electrons. The lowest BCUT2D eigenvalue weighted by atomic mass is 10.2. The molecule has 0 saturated heterocycles. The van der Waals surface area contributed by atoms with Gasteiger partial charge in [0.1, 0.15) is 18.2 Å². The van der Waals surface area contributed by atoms with Crippen LogP contribution in [0.15, 0.2) is 35.1 Å². The summed E-state index contributed by atoms with van der Waals surface area (Å²) in [6.07, 6.45) is 3.69. The van der Waals surface area contributed by atoms with Crippen molar-refractivity contribution in [2.45, 2.75) is 33.0 Å². The van der Waals surface area contributed by atoms with E-state index in [4.69, 9.17) is 4.74 Å². The molecule has 1 aromatic carbocycles. The molecule has 2 rings (SSSR count). The summed E-state index contributed by atoms with van der Waals surface area (Å²) in [7, 11) is 1.96. The molecule has 0 amide bonds. The summed E-state index contributed by atoms with van der Waals surface area (Å²) < 4.78 is 8.85. The number of ether oxygens (including phenoxy) is 1. The standard InChI is InChI=1S/C15H20BrN3O/c1-11(2)18-9-12-8-13(4-5-14(12)16)20-10-15-17-6-7-19(15)3/h4-8,11,18H,9-10H2,1-3H3. The van der Waals surface area contributed by atoms with Gasteiger partial charge in [0.2, 0.25) is 0 Å². The number of rotatable bonds is 6. The summed E-state index contributed by atoms with van der Waals surface area (Å²) in [5.74, 6) is 1.77. The Morgan fingerprint density at radius 3 is 2.85 bits per heavy atom. The minimum absolute atomic E-state index is 0.457. The van der Waals surface area contributed by atoms with Gasteiger partial charge in [-0.05, 0) is 23.8 Å². The zero-order chi connectivity index (χ0) is 14.5. The molecule has 0 aliphatic rings. The van der Waals surface area contributed by atoms with Crippen molar-refractivity contribution in [1.29, 1.82) is 0 Å². The van der Waals surface area contributed by atoms with Crippen molar-refractivity contribution >= 4 is 15.9 Å². The highest BCUT2D eigenvalue weighted by atomic mass is 79.9. The third kappa shape index (κ3) is 4.08. The number of nitrogens with one attached hydrogen (secondary N) is 1. The molecule has 20 heavy (non-hydrogen) atoms. The Kier molecular flexibility index (Phi) is 5.20. The van der Waals surface area contributed by atoms with Gasteiger partial charge < -0.3 is 14.6 Å². The first kappa shape index (κ1) is 15.1. The van der Waals surface area contributed by atoms with Crippen LogP contribution in [0.2, 0.25) is 0 Å². The average molecular weight is 338 g/mol. The zero-order valence-corrected chi connectivity index (χ0v) is 13.6. The molecule has 0 atom stereocenters. The Morgan fingerprint density at radius 2 is 2.20 bits per heavy atom.